The summed E-state index contributed by atoms with van der Waals surface area (Å²) in [6, 6.07) is 6.45. The highest BCUT2D eigenvalue weighted by Crippen LogP contribution is 2.32. The topological polar surface area (TPSA) is 55.1 Å². The lowest BCUT2D eigenvalue weighted by Gasteiger charge is -2.37. The predicted molar refractivity (Wildman–Crippen MR) is 87.0 cm³/mol. The minimum atomic E-state index is -0.370. The van der Waals surface area contributed by atoms with Crippen molar-refractivity contribution in [2.75, 3.05) is 0 Å². The minimum absolute atomic E-state index is 0.0221. The number of carbonyl (C=O) groups excluding carboxylic acids is 1. The first-order valence-electron chi connectivity index (χ1n) is 7.97. The third kappa shape index (κ3) is 3.85. The zero-order valence-corrected chi connectivity index (χ0v) is 13.7. The molecular weight excluding hydrogens is 260 g/mol. The van der Waals surface area contributed by atoms with Crippen molar-refractivity contribution >= 4 is 5.91 Å². The van der Waals surface area contributed by atoms with Crippen LogP contribution in [0.3, 0.4) is 0 Å². The molecule has 1 fully saturated rings. The number of benzene rings is 1. The molecule has 1 amide bonds. The third-order valence-corrected chi connectivity index (χ3v) is 4.67. The molecule has 0 aromatic heterocycles. The Kier molecular flexibility index (Phi) is 4.72. The molecule has 1 saturated carbocycles. The van der Waals surface area contributed by atoms with Gasteiger partial charge in [0.1, 0.15) is 0 Å². The van der Waals surface area contributed by atoms with E-state index in [1.807, 2.05) is 13.8 Å². The lowest BCUT2D eigenvalue weighted by molar-refractivity contribution is -0.128. The fraction of sp³-hybridized carbons (Fsp3) is 0.611. The molecule has 0 spiro atoms. The van der Waals surface area contributed by atoms with E-state index in [1.165, 1.54) is 11.1 Å². The van der Waals surface area contributed by atoms with Crippen LogP contribution in [0.25, 0.3) is 0 Å². The van der Waals surface area contributed by atoms with Crippen molar-refractivity contribution in [1.82, 2.24) is 5.32 Å². The second-order valence-electron chi connectivity index (χ2n) is 6.96. The molecule has 0 saturated heterocycles. The summed E-state index contributed by atoms with van der Waals surface area (Å²) in [5, 5.41) is 3.16. The molecule has 116 valence electrons. The Morgan fingerprint density at radius 1 is 1.29 bits per heavy atom. The molecule has 3 atom stereocenters. The van der Waals surface area contributed by atoms with Crippen molar-refractivity contribution in [2.24, 2.45) is 11.7 Å². The summed E-state index contributed by atoms with van der Waals surface area (Å²) in [6.07, 6.45) is 4.06. The number of nitrogens with two attached hydrogens (primary N) is 1. The first-order chi connectivity index (χ1) is 9.79. The Bertz CT molecular complexity index is 502. The number of hydrogen-bond acceptors (Lipinski definition) is 2. The smallest absolute Gasteiger partial charge is 0.225 e. The SMILES string of the molecule is Cc1cc(C)cc(C(C)NC(=O)C2CCCCC2(C)N)c1. The largest absolute Gasteiger partial charge is 0.349 e. The molecule has 0 bridgehead atoms. The van der Waals surface area contributed by atoms with Crippen LogP contribution in [0.15, 0.2) is 18.2 Å². The number of nitrogens with one attached hydrogen (secondary N) is 1. The molecule has 3 N–H and O–H groups in total. The standard InChI is InChI=1S/C18H28N2O/c1-12-9-13(2)11-15(10-12)14(3)20-17(21)16-7-5-6-8-18(16,4)19/h9-11,14,16H,5-8,19H2,1-4H3,(H,20,21). The van der Waals surface area contributed by atoms with Crippen LogP contribution in [0.5, 0.6) is 0 Å². The van der Waals surface area contributed by atoms with Gasteiger partial charge < -0.3 is 11.1 Å². The molecule has 0 radical (unpaired) electrons. The summed E-state index contributed by atoms with van der Waals surface area (Å²) < 4.78 is 0. The number of amides is 1. The molecular formula is C18H28N2O. The highest BCUT2D eigenvalue weighted by Gasteiger charge is 2.38. The van der Waals surface area contributed by atoms with Crippen LogP contribution in [0.4, 0.5) is 0 Å². The molecule has 21 heavy (non-hydrogen) atoms. The first-order valence-corrected chi connectivity index (χ1v) is 7.97. The summed E-state index contributed by atoms with van der Waals surface area (Å²) in [4.78, 5) is 12.6. The average molecular weight is 288 g/mol. The Hall–Kier alpha value is -1.35. The maximum Gasteiger partial charge on any atom is 0.225 e. The quantitative estimate of drug-likeness (QED) is 0.895. The lowest BCUT2D eigenvalue weighted by atomic mass is 9.74. The van der Waals surface area contributed by atoms with Crippen LogP contribution in [0.1, 0.15) is 62.3 Å². The van der Waals surface area contributed by atoms with Gasteiger partial charge in [-0.2, -0.15) is 0 Å². The van der Waals surface area contributed by atoms with Gasteiger partial charge >= 0.3 is 0 Å². The van der Waals surface area contributed by atoms with Crippen molar-refractivity contribution in [2.45, 2.75) is 65.0 Å². The Balaban J connectivity index is 2.08. The van der Waals surface area contributed by atoms with Crippen LogP contribution < -0.4 is 11.1 Å². The number of hydrogen-bond donors (Lipinski definition) is 2. The molecule has 3 heteroatoms. The molecule has 1 aromatic carbocycles. The molecule has 2 rings (SSSR count). The number of carbonyl (C=O) groups is 1. The Morgan fingerprint density at radius 3 is 2.48 bits per heavy atom. The summed E-state index contributed by atoms with van der Waals surface area (Å²) in [5.41, 5.74) is 9.57. The molecule has 0 heterocycles. The molecule has 1 aliphatic carbocycles. The fourth-order valence-corrected chi connectivity index (χ4v) is 3.45. The van der Waals surface area contributed by atoms with Crippen molar-refractivity contribution in [3.05, 3.63) is 34.9 Å². The number of rotatable bonds is 3. The van der Waals surface area contributed by atoms with Gasteiger partial charge in [0.05, 0.1) is 12.0 Å². The van der Waals surface area contributed by atoms with Gasteiger partial charge in [-0.05, 0) is 46.1 Å². The van der Waals surface area contributed by atoms with E-state index >= 15 is 0 Å². The average Bonchev–Trinajstić information content (AvgIpc) is 2.36. The van der Waals surface area contributed by atoms with E-state index in [4.69, 9.17) is 5.73 Å². The van der Waals surface area contributed by atoms with Crippen LogP contribution in [0, 0.1) is 19.8 Å². The van der Waals surface area contributed by atoms with Gasteiger partial charge in [-0.25, -0.2) is 0 Å². The minimum Gasteiger partial charge on any atom is -0.349 e. The maximum absolute atomic E-state index is 12.6. The second-order valence-corrected chi connectivity index (χ2v) is 6.96. The van der Waals surface area contributed by atoms with Crippen molar-refractivity contribution in [1.29, 1.82) is 0 Å². The summed E-state index contributed by atoms with van der Waals surface area (Å²) in [6.45, 7) is 8.23. The van der Waals surface area contributed by atoms with Gasteiger partial charge in [0.15, 0.2) is 0 Å². The summed E-state index contributed by atoms with van der Waals surface area (Å²) >= 11 is 0. The van der Waals surface area contributed by atoms with Gasteiger partial charge in [0, 0.05) is 5.54 Å². The van der Waals surface area contributed by atoms with Crippen molar-refractivity contribution in [3.8, 4) is 0 Å². The van der Waals surface area contributed by atoms with Gasteiger partial charge in [0.25, 0.3) is 0 Å². The second kappa shape index (κ2) is 6.18. The predicted octanol–water partition coefficient (Wildman–Crippen LogP) is 3.39. The van der Waals surface area contributed by atoms with E-state index in [1.54, 1.807) is 0 Å². The van der Waals surface area contributed by atoms with E-state index in [0.29, 0.717) is 0 Å². The van der Waals surface area contributed by atoms with E-state index < -0.39 is 0 Å². The fourth-order valence-electron chi connectivity index (χ4n) is 3.45. The first kappa shape index (κ1) is 16.0. The van der Waals surface area contributed by atoms with Crippen LogP contribution in [-0.2, 0) is 4.79 Å². The van der Waals surface area contributed by atoms with E-state index in [-0.39, 0.29) is 23.4 Å². The molecule has 0 aliphatic heterocycles. The molecule has 3 nitrogen and oxygen atoms in total. The Labute approximate surface area is 128 Å². The monoisotopic (exact) mass is 288 g/mol. The molecule has 1 aromatic rings. The summed E-state index contributed by atoms with van der Waals surface area (Å²) in [7, 11) is 0. The van der Waals surface area contributed by atoms with Crippen LogP contribution in [0.2, 0.25) is 0 Å². The zero-order chi connectivity index (χ0) is 15.6. The van der Waals surface area contributed by atoms with Crippen molar-refractivity contribution < 1.29 is 4.79 Å². The van der Waals surface area contributed by atoms with Crippen LogP contribution >= 0.6 is 0 Å². The molecule has 3 unspecified atom stereocenters. The van der Waals surface area contributed by atoms with Gasteiger partial charge in [-0.1, -0.05) is 42.2 Å². The van der Waals surface area contributed by atoms with Crippen molar-refractivity contribution in [3.63, 3.8) is 0 Å². The highest BCUT2D eigenvalue weighted by atomic mass is 16.2. The highest BCUT2D eigenvalue weighted by molar-refractivity contribution is 5.80. The van der Waals surface area contributed by atoms with Gasteiger partial charge in [-0.3, -0.25) is 4.79 Å². The van der Waals surface area contributed by atoms with E-state index in [0.717, 1.165) is 31.2 Å². The summed E-state index contributed by atoms with van der Waals surface area (Å²) in [5.74, 6) is 0.0333. The van der Waals surface area contributed by atoms with E-state index in [2.05, 4.69) is 37.4 Å². The Morgan fingerprint density at radius 2 is 1.90 bits per heavy atom. The lowest BCUT2D eigenvalue weighted by Crippen LogP contribution is -2.53. The molecule has 1 aliphatic rings. The zero-order valence-electron chi connectivity index (χ0n) is 13.7. The van der Waals surface area contributed by atoms with Gasteiger partial charge in [-0.15, -0.1) is 0 Å². The van der Waals surface area contributed by atoms with Crippen LogP contribution in [-0.4, -0.2) is 11.4 Å². The van der Waals surface area contributed by atoms with E-state index in [9.17, 15) is 4.79 Å². The normalized spacial score (nSPS) is 27.2. The maximum atomic E-state index is 12.6. The van der Waals surface area contributed by atoms with Gasteiger partial charge in [0.2, 0.25) is 5.91 Å². The third-order valence-electron chi connectivity index (χ3n) is 4.67. The number of aryl methyl sites for hydroxylation is 2.